The minimum atomic E-state index is -0.791. The van der Waals surface area contributed by atoms with E-state index in [9.17, 15) is 9.59 Å². The highest BCUT2D eigenvalue weighted by atomic mass is 35.5. The van der Waals surface area contributed by atoms with Gasteiger partial charge in [-0.1, -0.05) is 23.7 Å². The van der Waals surface area contributed by atoms with E-state index in [1.165, 1.54) is 0 Å². The fourth-order valence-electron chi connectivity index (χ4n) is 5.57. The van der Waals surface area contributed by atoms with Crippen LogP contribution < -0.4 is 9.47 Å². The van der Waals surface area contributed by atoms with Crippen LogP contribution in [0.1, 0.15) is 54.7 Å². The lowest BCUT2D eigenvalue weighted by atomic mass is 9.93. The monoisotopic (exact) mass is 538 g/mol. The first-order valence-electron chi connectivity index (χ1n) is 12.7. The summed E-state index contributed by atoms with van der Waals surface area (Å²) in [6.45, 7) is 1.10. The maximum absolute atomic E-state index is 13.5. The zero-order chi connectivity index (χ0) is 26.8. The van der Waals surface area contributed by atoms with Crippen LogP contribution in [0.4, 0.5) is 0 Å². The molecule has 3 aromatic rings. The third kappa shape index (κ3) is 5.11. The number of fused-ring (bicyclic) bond motifs is 3. The number of carbonyl (C=O) groups is 2. The van der Waals surface area contributed by atoms with Gasteiger partial charge in [0.05, 0.1) is 32.0 Å². The summed E-state index contributed by atoms with van der Waals surface area (Å²) in [5.74, 6) is 0.436. The van der Waals surface area contributed by atoms with Crippen molar-refractivity contribution >= 4 is 23.5 Å². The molecule has 2 aliphatic rings. The van der Waals surface area contributed by atoms with Gasteiger partial charge in [-0.3, -0.25) is 9.59 Å². The second-order valence-electron chi connectivity index (χ2n) is 9.72. The molecule has 1 unspecified atom stereocenters. The van der Waals surface area contributed by atoms with Gasteiger partial charge in [0.1, 0.15) is 12.2 Å². The Morgan fingerprint density at radius 3 is 2.53 bits per heavy atom. The second kappa shape index (κ2) is 11.1. The van der Waals surface area contributed by atoms with Crippen LogP contribution in [-0.2, 0) is 14.3 Å². The van der Waals surface area contributed by atoms with E-state index < -0.39 is 18.2 Å². The Balaban J connectivity index is 1.49. The minimum Gasteiger partial charge on any atom is -0.493 e. The minimum absolute atomic E-state index is 0.0168. The average Bonchev–Trinajstić information content (AvgIpc) is 3.36. The number of ether oxygens (including phenoxy) is 3. The molecule has 0 aliphatic carbocycles. The summed E-state index contributed by atoms with van der Waals surface area (Å²) in [7, 11) is 3.18. The predicted octanol–water partition coefficient (Wildman–Crippen LogP) is 5.41. The summed E-state index contributed by atoms with van der Waals surface area (Å²) in [5.41, 5.74) is 3.40. The number of amides is 1. The molecule has 0 spiro atoms. The van der Waals surface area contributed by atoms with Gasteiger partial charge in [0.25, 0.3) is 0 Å². The van der Waals surface area contributed by atoms with Crippen molar-refractivity contribution in [3.05, 3.63) is 76.6 Å². The van der Waals surface area contributed by atoms with Gasteiger partial charge < -0.3 is 28.8 Å². The van der Waals surface area contributed by atoms with Gasteiger partial charge in [0.15, 0.2) is 11.5 Å². The lowest BCUT2D eigenvalue weighted by Crippen LogP contribution is -2.39. The van der Waals surface area contributed by atoms with Crippen molar-refractivity contribution in [3.63, 3.8) is 0 Å². The number of nitrogens with zero attached hydrogens (tertiary/aromatic N) is 2. The van der Waals surface area contributed by atoms with Crippen molar-refractivity contribution in [2.75, 3.05) is 27.3 Å². The molecule has 5 rings (SSSR count). The molecule has 1 N–H and O–H groups in total. The highest BCUT2D eigenvalue weighted by Gasteiger charge is 2.35. The molecule has 1 aromatic heterocycles. The van der Waals surface area contributed by atoms with E-state index in [1.54, 1.807) is 14.2 Å². The number of aromatic nitrogens is 1. The maximum atomic E-state index is 13.5. The Kier molecular flexibility index (Phi) is 7.63. The Morgan fingerprint density at radius 1 is 1.03 bits per heavy atom. The van der Waals surface area contributed by atoms with Crippen LogP contribution in [0.25, 0.3) is 5.69 Å². The number of hydrogen-bond acceptors (Lipinski definition) is 5. The quantitative estimate of drug-likeness (QED) is 0.432. The van der Waals surface area contributed by atoms with Crippen molar-refractivity contribution in [1.82, 2.24) is 9.47 Å². The third-order valence-electron chi connectivity index (χ3n) is 7.45. The van der Waals surface area contributed by atoms with E-state index in [0.29, 0.717) is 42.5 Å². The van der Waals surface area contributed by atoms with Crippen molar-refractivity contribution < 1.29 is 28.9 Å². The largest absolute Gasteiger partial charge is 0.493 e. The third-order valence-corrected chi connectivity index (χ3v) is 7.68. The molecule has 2 atom stereocenters. The molecule has 0 radical (unpaired) electrons. The van der Waals surface area contributed by atoms with E-state index in [-0.39, 0.29) is 24.7 Å². The molecule has 9 heteroatoms. The number of likely N-dealkylation sites (tertiary alicyclic amines) is 1. The molecule has 1 fully saturated rings. The van der Waals surface area contributed by atoms with E-state index in [4.69, 9.17) is 30.9 Å². The van der Waals surface area contributed by atoms with Gasteiger partial charge in [0.2, 0.25) is 5.91 Å². The molecule has 0 saturated carbocycles. The fourth-order valence-corrected chi connectivity index (χ4v) is 5.75. The Morgan fingerprint density at radius 2 is 1.82 bits per heavy atom. The fraction of sp³-hybridized carbons (Fsp3) is 0.379. The lowest BCUT2D eigenvalue weighted by molar-refractivity contribution is -0.139. The smallest absolute Gasteiger partial charge is 0.303 e. The molecule has 1 saturated heterocycles. The number of hydrogen-bond donors (Lipinski definition) is 1. The first-order valence-corrected chi connectivity index (χ1v) is 13.1. The Labute approximate surface area is 226 Å². The molecule has 2 aromatic carbocycles. The van der Waals surface area contributed by atoms with Crippen molar-refractivity contribution in [1.29, 1.82) is 0 Å². The highest BCUT2D eigenvalue weighted by molar-refractivity contribution is 6.30. The van der Waals surface area contributed by atoms with E-state index in [2.05, 4.69) is 4.57 Å². The molecule has 0 bridgehead atoms. The number of carbonyl (C=O) groups excluding carboxylic acids is 1. The summed E-state index contributed by atoms with van der Waals surface area (Å²) in [6.07, 6.45) is 2.52. The number of carboxylic acid groups (broad SMARTS) is 1. The number of para-hydroxylation sites is 1. The molecule has 200 valence electrons. The van der Waals surface area contributed by atoms with Gasteiger partial charge >= 0.3 is 5.97 Å². The van der Waals surface area contributed by atoms with E-state index in [0.717, 1.165) is 22.5 Å². The van der Waals surface area contributed by atoms with Gasteiger partial charge in [-0.15, -0.1) is 0 Å². The van der Waals surface area contributed by atoms with E-state index >= 15 is 0 Å². The molecular formula is C29H31ClN2O6. The van der Waals surface area contributed by atoms with Crippen LogP contribution in [-0.4, -0.2) is 53.8 Å². The molecule has 1 amide bonds. The van der Waals surface area contributed by atoms with Gasteiger partial charge in [0, 0.05) is 41.9 Å². The Bertz CT molecular complexity index is 1330. The lowest BCUT2D eigenvalue weighted by Gasteiger charge is -2.33. The molecule has 8 nitrogen and oxygen atoms in total. The summed E-state index contributed by atoms with van der Waals surface area (Å²) in [5, 5.41) is 9.69. The molecule has 2 aliphatic heterocycles. The molecule has 38 heavy (non-hydrogen) atoms. The first-order chi connectivity index (χ1) is 18.4. The van der Waals surface area contributed by atoms with Gasteiger partial charge in [-0.25, -0.2) is 0 Å². The molecule has 3 heterocycles. The second-order valence-corrected chi connectivity index (χ2v) is 10.2. The number of rotatable bonds is 7. The summed E-state index contributed by atoms with van der Waals surface area (Å²) < 4.78 is 20.2. The van der Waals surface area contributed by atoms with Crippen LogP contribution in [0, 0.1) is 5.92 Å². The topological polar surface area (TPSA) is 90.2 Å². The van der Waals surface area contributed by atoms with Crippen LogP contribution in [0.3, 0.4) is 0 Å². The van der Waals surface area contributed by atoms with Crippen molar-refractivity contribution in [2.24, 2.45) is 5.92 Å². The summed E-state index contributed by atoms with van der Waals surface area (Å²) >= 11 is 6.46. The van der Waals surface area contributed by atoms with Gasteiger partial charge in [-0.05, 0) is 55.2 Å². The Hall–Kier alpha value is -3.49. The highest BCUT2D eigenvalue weighted by Crippen LogP contribution is 2.46. The number of piperidine rings is 1. The van der Waals surface area contributed by atoms with Crippen LogP contribution >= 0.6 is 11.6 Å². The number of methoxy groups -OCH3 is 2. The zero-order valence-electron chi connectivity index (χ0n) is 21.4. The number of carboxylic acids is 1. The van der Waals surface area contributed by atoms with Crippen LogP contribution in [0.15, 0.2) is 54.7 Å². The zero-order valence-corrected chi connectivity index (χ0v) is 22.2. The summed E-state index contributed by atoms with van der Waals surface area (Å²) in [4.78, 5) is 26.4. The molecular weight excluding hydrogens is 508 g/mol. The normalized spacial score (nSPS) is 19.3. The predicted molar refractivity (Wildman–Crippen MR) is 142 cm³/mol. The van der Waals surface area contributed by atoms with Crippen molar-refractivity contribution in [2.45, 2.75) is 37.9 Å². The number of benzene rings is 2. The van der Waals surface area contributed by atoms with E-state index in [1.807, 2.05) is 59.6 Å². The van der Waals surface area contributed by atoms with Crippen molar-refractivity contribution in [3.8, 4) is 17.2 Å². The summed E-state index contributed by atoms with van der Waals surface area (Å²) in [6, 6.07) is 15.3. The van der Waals surface area contributed by atoms with Crippen LogP contribution in [0.2, 0.25) is 5.02 Å². The van der Waals surface area contributed by atoms with Gasteiger partial charge in [-0.2, -0.15) is 0 Å². The SMILES string of the molecule is COc1cccc(C2O[C@@H](CC(=O)N3CCC(CC(=O)O)CC3)c3cccn3-c3ccc(Cl)cc32)c1OC. The number of aliphatic carboxylic acids is 1. The average molecular weight is 539 g/mol. The number of halogens is 1. The standard InChI is InChI=1S/C29H31ClN2O6/c1-36-24-7-3-5-20(29(24)37-2)28-21-16-19(30)8-9-22(21)32-12-4-6-23(32)25(38-28)17-26(33)31-13-10-18(11-14-31)15-27(34)35/h3-9,12,16,18,25,28H,10-11,13-15,17H2,1-2H3,(H,34,35)/t25-,28?/m0/s1. The first kappa shape index (κ1) is 26.1. The van der Waals surface area contributed by atoms with Crippen LogP contribution in [0.5, 0.6) is 11.5 Å². The maximum Gasteiger partial charge on any atom is 0.303 e.